The third-order valence-electron chi connectivity index (χ3n) is 5.46. The number of carbonyl (C=O) groups excluding carboxylic acids is 2. The highest BCUT2D eigenvalue weighted by Crippen LogP contribution is 2.60. The lowest BCUT2D eigenvalue weighted by Crippen LogP contribution is -2.37. The van der Waals surface area contributed by atoms with Crippen molar-refractivity contribution in [2.24, 2.45) is 23.2 Å². The molecule has 1 heterocycles. The van der Waals surface area contributed by atoms with Crippen LogP contribution in [0.15, 0.2) is 36.4 Å². The van der Waals surface area contributed by atoms with E-state index in [2.05, 4.69) is 0 Å². The topological polar surface area (TPSA) is 74.7 Å². The Morgan fingerprint density at radius 2 is 2.09 bits per heavy atom. The van der Waals surface area contributed by atoms with Crippen molar-refractivity contribution in [1.82, 2.24) is 0 Å². The van der Waals surface area contributed by atoms with Crippen molar-refractivity contribution in [2.45, 2.75) is 13.3 Å². The number of aromatic carboxylic acids is 1. The number of carbonyl (C=O) groups is 3. The number of allylic oxidation sites excluding steroid dienone is 2. The van der Waals surface area contributed by atoms with E-state index in [-0.39, 0.29) is 35.1 Å². The normalized spacial score (nSPS) is 35.3. The predicted molar refractivity (Wildman–Crippen MR) is 78.2 cm³/mol. The van der Waals surface area contributed by atoms with Crippen LogP contribution in [-0.4, -0.2) is 22.9 Å². The lowest BCUT2D eigenvalue weighted by Gasteiger charge is -2.28. The molecule has 5 heteroatoms. The van der Waals surface area contributed by atoms with Crippen LogP contribution in [0.25, 0.3) is 0 Å². The largest absolute Gasteiger partial charge is 0.478 e. The van der Waals surface area contributed by atoms with Gasteiger partial charge in [-0.2, -0.15) is 0 Å². The highest BCUT2D eigenvalue weighted by atomic mass is 16.4. The third kappa shape index (κ3) is 1.41. The van der Waals surface area contributed by atoms with Crippen LogP contribution in [0, 0.1) is 23.2 Å². The quantitative estimate of drug-likeness (QED) is 0.670. The van der Waals surface area contributed by atoms with E-state index in [1.807, 2.05) is 19.1 Å². The van der Waals surface area contributed by atoms with Gasteiger partial charge in [0.15, 0.2) is 0 Å². The first kappa shape index (κ1) is 13.2. The van der Waals surface area contributed by atoms with Gasteiger partial charge < -0.3 is 5.11 Å². The maximum absolute atomic E-state index is 12.9. The first-order valence-corrected chi connectivity index (χ1v) is 7.34. The molecule has 1 saturated heterocycles. The summed E-state index contributed by atoms with van der Waals surface area (Å²) in [6.45, 7) is 1.87. The van der Waals surface area contributed by atoms with Gasteiger partial charge in [0.05, 0.1) is 22.6 Å². The van der Waals surface area contributed by atoms with Crippen molar-refractivity contribution >= 4 is 23.5 Å². The molecule has 0 unspecified atom stereocenters. The van der Waals surface area contributed by atoms with Gasteiger partial charge in [-0.3, -0.25) is 9.59 Å². The zero-order valence-corrected chi connectivity index (χ0v) is 12.0. The van der Waals surface area contributed by atoms with Crippen LogP contribution in [-0.2, 0) is 9.59 Å². The van der Waals surface area contributed by atoms with Crippen molar-refractivity contribution in [1.29, 1.82) is 0 Å². The molecule has 2 aliphatic carbocycles. The Morgan fingerprint density at radius 1 is 1.32 bits per heavy atom. The molecule has 112 valence electrons. The molecule has 5 nitrogen and oxygen atoms in total. The summed E-state index contributed by atoms with van der Waals surface area (Å²) in [6, 6.07) is 6.01. The number of nitrogens with zero attached hydrogens (tertiary/aromatic N) is 1. The zero-order valence-electron chi connectivity index (χ0n) is 12.0. The molecule has 4 rings (SSSR count). The number of carboxylic acid groups (broad SMARTS) is 1. The van der Waals surface area contributed by atoms with Gasteiger partial charge in [-0.1, -0.05) is 18.2 Å². The number of carboxylic acids is 1. The second-order valence-electron chi connectivity index (χ2n) is 6.49. The van der Waals surface area contributed by atoms with Crippen LogP contribution < -0.4 is 4.90 Å². The Hall–Kier alpha value is -2.43. The molecule has 22 heavy (non-hydrogen) atoms. The van der Waals surface area contributed by atoms with Crippen LogP contribution in [0.3, 0.4) is 0 Å². The second-order valence-corrected chi connectivity index (χ2v) is 6.49. The van der Waals surface area contributed by atoms with E-state index in [0.717, 1.165) is 6.42 Å². The number of hydrogen-bond acceptors (Lipinski definition) is 3. The summed E-state index contributed by atoms with van der Waals surface area (Å²) >= 11 is 0. The molecular formula is C17H15NO4. The van der Waals surface area contributed by atoms with E-state index in [4.69, 9.17) is 5.11 Å². The van der Waals surface area contributed by atoms with Crippen molar-refractivity contribution in [3.63, 3.8) is 0 Å². The van der Waals surface area contributed by atoms with E-state index in [1.165, 1.54) is 17.0 Å². The first-order chi connectivity index (χ1) is 10.4. The monoisotopic (exact) mass is 297 g/mol. The average Bonchev–Trinajstić information content (AvgIpc) is 3.12. The van der Waals surface area contributed by atoms with E-state index < -0.39 is 11.4 Å². The minimum absolute atomic E-state index is 0.0707. The predicted octanol–water partition coefficient (Wildman–Crippen LogP) is 2.09. The Morgan fingerprint density at radius 3 is 2.77 bits per heavy atom. The second kappa shape index (κ2) is 4.06. The Balaban J connectivity index is 1.79. The van der Waals surface area contributed by atoms with E-state index in [9.17, 15) is 14.4 Å². The first-order valence-electron chi connectivity index (χ1n) is 7.34. The molecule has 1 aromatic carbocycles. The van der Waals surface area contributed by atoms with Gasteiger partial charge in [0.1, 0.15) is 0 Å². The Kier molecular flexibility index (Phi) is 2.45. The molecule has 2 amide bonds. The molecule has 1 saturated carbocycles. The van der Waals surface area contributed by atoms with Crippen LogP contribution in [0.4, 0.5) is 5.69 Å². The molecule has 0 radical (unpaired) electrons. The van der Waals surface area contributed by atoms with Gasteiger partial charge in [-0.25, -0.2) is 9.69 Å². The Labute approximate surface area is 127 Å². The Bertz CT molecular complexity index is 753. The van der Waals surface area contributed by atoms with Gasteiger partial charge in [0.25, 0.3) is 0 Å². The molecule has 1 N–H and O–H groups in total. The van der Waals surface area contributed by atoms with Gasteiger partial charge in [0, 0.05) is 0 Å². The fourth-order valence-electron chi connectivity index (χ4n) is 4.33. The highest BCUT2D eigenvalue weighted by Gasteiger charge is 2.67. The van der Waals surface area contributed by atoms with Gasteiger partial charge >= 0.3 is 5.97 Å². The standard InChI is InChI=1S/C17H15NO4/c1-17-11-6-5-9(7-11)13(17)14(19)18(16(17)22)12-4-2-3-10(8-12)15(20)21/h2-6,8-9,11,13H,7H2,1H3,(H,20,21)/t9-,11+,13+,17-/m0/s1. The van der Waals surface area contributed by atoms with E-state index >= 15 is 0 Å². The van der Waals surface area contributed by atoms with Gasteiger partial charge in [0.2, 0.25) is 11.8 Å². The van der Waals surface area contributed by atoms with Crippen molar-refractivity contribution in [3.8, 4) is 0 Å². The lowest BCUT2D eigenvalue weighted by molar-refractivity contribution is -0.127. The van der Waals surface area contributed by atoms with Crippen LogP contribution in [0.5, 0.6) is 0 Å². The van der Waals surface area contributed by atoms with E-state index in [0.29, 0.717) is 5.69 Å². The number of imide groups is 1. The molecule has 2 bridgehead atoms. The summed E-state index contributed by atoms with van der Waals surface area (Å²) in [5.41, 5.74) is -0.262. The smallest absolute Gasteiger partial charge is 0.335 e. The number of hydrogen-bond donors (Lipinski definition) is 1. The number of benzene rings is 1. The minimum Gasteiger partial charge on any atom is -0.478 e. The molecular weight excluding hydrogens is 282 g/mol. The van der Waals surface area contributed by atoms with Crippen LogP contribution >= 0.6 is 0 Å². The summed E-state index contributed by atoms with van der Waals surface area (Å²) in [6.07, 6.45) is 4.95. The number of anilines is 1. The minimum atomic E-state index is -1.07. The molecule has 2 fully saturated rings. The molecule has 1 aromatic rings. The van der Waals surface area contributed by atoms with Crippen LogP contribution in [0.1, 0.15) is 23.7 Å². The summed E-state index contributed by atoms with van der Waals surface area (Å²) < 4.78 is 0. The fourth-order valence-corrected chi connectivity index (χ4v) is 4.33. The number of amides is 2. The molecule has 0 spiro atoms. The van der Waals surface area contributed by atoms with Crippen molar-refractivity contribution in [3.05, 3.63) is 42.0 Å². The summed E-state index contributed by atoms with van der Waals surface area (Å²) in [5.74, 6) is -1.57. The molecule has 4 atom stereocenters. The summed E-state index contributed by atoms with van der Waals surface area (Å²) in [4.78, 5) is 38.0. The number of fused-ring (bicyclic) bond motifs is 5. The van der Waals surface area contributed by atoms with Gasteiger partial charge in [-0.15, -0.1) is 0 Å². The number of rotatable bonds is 2. The van der Waals surface area contributed by atoms with Crippen molar-refractivity contribution < 1.29 is 19.5 Å². The third-order valence-corrected chi connectivity index (χ3v) is 5.46. The average molecular weight is 297 g/mol. The van der Waals surface area contributed by atoms with E-state index in [1.54, 1.807) is 12.1 Å². The molecule has 0 aromatic heterocycles. The zero-order chi connectivity index (χ0) is 15.6. The SMILES string of the molecule is C[C@@]12C(=O)N(c3cccc(C(=O)O)c3)C(=O)[C@H]1[C@H]1C=C[C@@H]2C1. The summed E-state index contributed by atoms with van der Waals surface area (Å²) in [5, 5.41) is 9.09. The van der Waals surface area contributed by atoms with Crippen LogP contribution in [0.2, 0.25) is 0 Å². The maximum Gasteiger partial charge on any atom is 0.335 e. The highest BCUT2D eigenvalue weighted by molar-refractivity contribution is 6.24. The van der Waals surface area contributed by atoms with Crippen molar-refractivity contribution in [2.75, 3.05) is 4.90 Å². The lowest BCUT2D eigenvalue weighted by atomic mass is 9.71. The fraction of sp³-hybridized carbons (Fsp3) is 0.353. The molecule has 3 aliphatic rings. The van der Waals surface area contributed by atoms with Gasteiger partial charge in [-0.05, 0) is 43.4 Å². The summed E-state index contributed by atoms with van der Waals surface area (Å²) in [7, 11) is 0. The maximum atomic E-state index is 12.9. The molecule has 1 aliphatic heterocycles.